The number of hydrogen-bond donors (Lipinski definition) is 5. The quantitative estimate of drug-likeness (QED) is 0.401. The van der Waals surface area contributed by atoms with Crippen molar-refractivity contribution in [1.29, 1.82) is 0 Å². The topological polar surface area (TPSA) is 128 Å². The second kappa shape index (κ2) is 8.38. The fourth-order valence-electron chi connectivity index (χ4n) is 2.02. The first-order chi connectivity index (χ1) is 8.86. The van der Waals surface area contributed by atoms with Crippen molar-refractivity contribution in [2.75, 3.05) is 13.2 Å². The zero-order valence-electron chi connectivity index (χ0n) is 11.3. The monoisotopic (exact) mass is 312 g/mol. The molecule has 1 rings (SSSR count). The predicted molar refractivity (Wildman–Crippen MR) is 71.7 cm³/mol. The third-order valence-electron chi connectivity index (χ3n) is 3.04. The summed E-state index contributed by atoms with van der Waals surface area (Å²) in [7, 11) is 0. The van der Waals surface area contributed by atoms with Crippen molar-refractivity contribution in [1.82, 2.24) is 10.6 Å². The number of halogens is 1. The van der Waals surface area contributed by atoms with E-state index in [4.69, 9.17) is 14.9 Å². The van der Waals surface area contributed by atoms with Gasteiger partial charge in [0.1, 0.15) is 6.10 Å². The molecule has 0 aromatic rings. The van der Waals surface area contributed by atoms with E-state index in [9.17, 15) is 14.7 Å². The van der Waals surface area contributed by atoms with Gasteiger partial charge in [0.2, 0.25) is 5.91 Å². The van der Waals surface area contributed by atoms with E-state index in [1.807, 2.05) is 0 Å². The Bertz CT molecular complexity index is 343. The van der Waals surface area contributed by atoms with Crippen LogP contribution in [0, 0.1) is 0 Å². The number of carboxylic acids is 1. The molecule has 0 spiro atoms. The second-order valence-corrected chi connectivity index (χ2v) is 4.58. The lowest BCUT2D eigenvalue weighted by atomic mass is 9.94. The second-order valence-electron chi connectivity index (χ2n) is 4.58. The number of hydrogen-bond acceptors (Lipinski definition) is 6. The SMILES string of the molecule is CC(=O)N[C@H]1CN[C@H](CO)[C@@H](O)[C@@H]1O[C@H](C)C(=O)O.Cl. The molecule has 1 saturated heterocycles. The number of aliphatic hydroxyl groups is 2. The molecule has 20 heavy (non-hydrogen) atoms. The summed E-state index contributed by atoms with van der Waals surface area (Å²) in [5, 5.41) is 33.4. The lowest BCUT2D eigenvalue weighted by Crippen LogP contribution is -2.66. The Morgan fingerprint density at radius 1 is 1.50 bits per heavy atom. The highest BCUT2D eigenvalue weighted by Crippen LogP contribution is 2.16. The number of rotatable bonds is 5. The van der Waals surface area contributed by atoms with E-state index in [0.717, 1.165) is 0 Å². The Morgan fingerprint density at radius 3 is 2.55 bits per heavy atom. The highest BCUT2D eigenvalue weighted by atomic mass is 35.5. The van der Waals surface area contributed by atoms with E-state index in [1.165, 1.54) is 13.8 Å². The molecule has 0 saturated carbocycles. The molecular formula is C11H21ClN2O6. The summed E-state index contributed by atoms with van der Waals surface area (Å²) in [6.45, 7) is 2.63. The fraction of sp³-hybridized carbons (Fsp3) is 0.818. The summed E-state index contributed by atoms with van der Waals surface area (Å²) in [5.74, 6) is -1.47. The third-order valence-corrected chi connectivity index (χ3v) is 3.04. The van der Waals surface area contributed by atoms with Crippen LogP contribution in [0.2, 0.25) is 0 Å². The molecule has 0 unspecified atom stereocenters. The molecule has 9 heteroatoms. The van der Waals surface area contributed by atoms with Crippen molar-refractivity contribution < 1.29 is 29.6 Å². The molecule has 0 aromatic carbocycles. The molecule has 8 nitrogen and oxygen atoms in total. The maximum Gasteiger partial charge on any atom is 0.332 e. The number of nitrogens with one attached hydrogen (secondary N) is 2. The summed E-state index contributed by atoms with van der Waals surface area (Å²) in [6, 6.07) is -1.17. The average Bonchev–Trinajstić information content (AvgIpc) is 2.33. The van der Waals surface area contributed by atoms with Crippen molar-refractivity contribution in [2.24, 2.45) is 0 Å². The highest BCUT2D eigenvalue weighted by molar-refractivity contribution is 5.85. The Morgan fingerprint density at radius 2 is 2.10 bits per heavy atom. The minimum atomic E-state index is -1.16. The number of ether oxygens (including phenoxy) is 1. The van der Waals surface area contributed by atoms with Crippen molar-refractivity contribution in [3.05, 3.63) is 0 Å². The Hall–Kier alpha value is -0.930. The van der Waals surface area contributed by atoms with Crippen LogP contribution < -0.4 is 10.6 Å². The minimum Gasteiger partial charge on any atom is -0.479 e. The van der Waals surface area contributed by atoms with Crippen LogP contribution in [0.15, 0.2) is 0 Å². The van der Waals surface area contributed by atoms with Crippen LogP contribution in [0.3, 0.4) is 0 Å². The molecule has 0 radical (unpaired) electrons. The van der Waals surface area contributed by atoms with E-state index in [1.54, 1.807) is 0 Å². The smallest absolute Gasteiger partial charge is 0.332 e. The van der Waals surface area contributed by atoms with Gasteiger partial charge in [-0.15, -0.1) is 12.4 Å². The number of aliphatic carboxylic acids is 1. The van der Waals surface area contributed by atoms with E-state index < -0.39 is 36.4 Å². The molecule has 5 atom stereocenters. The van der Waals surface area contributed by atoms with E-state index >= 15 is 0 Å². The van der Waals surface area contributed by atoms with Crippen molar-refractivity contribution in [3.8, 4) is 0 Å². The van der Waals surface area contributed by atoms with Gasteiger partial charge in [0.15, 0.2) is 6.10 Å². The normalized spacial score (nSPS) is 31.0. The van der Waals surface area contributed by atoms with Crippen LogP contribution in [0.25, 0.3) is 0 Å². The first kappa shape index (κ1) is 19.1. The molecular weight excluding hydrogens is 292 g/mol. The van der Waals surface area contributed by atoms with Gasteiger partial charge in [0.05, 0.1) is 24.8 Å². The molecule has 1 aliphatic rings. The van der Waals surface area contributed by atoms with Gasteiger partial charge in [0, 0.05) is 13.5 Å². The number of carboxylic acid groups (broad SMARTS) is 1. The largest absolute Gasteiger partial charge is 0.479 e. The predicted octanol–water partition coefficient (Wildman–Crippen LogP) is -1.90. The van der Waals surface area contributed by atoms with Crippen molar-refractivity contribution in [2.45, 2.75) is 44.2 Å². The Labute approximate surface area is 122 Å². The van der Waals surface area contributed by atoms with Crippen LogP contribution in [-0.4, -0.2) is 70.7 Å². The van der Waals surface area contributed by atoms with Gasteiger partial charge in [-0.3, -0.25) is 4.79 Å². The molecule has 5 N–H and O–H groups in total. The highest BCUT2D eigenvalue weighted by Gasteiger charge is 2.40. The van der Waals surface area contributed by atoms with E-state index in [-0.39, 0.29) is 31.5 Å². The zero-order valence-corrected chi connectivity index (χ0v) is 12.1. The Kier molecular flexibility index (Phi) is 7.99. The van der Waals surface area contributed by atoms with Crippen molar-refractivity contribution in [3.63, 3.8) is 0 Å². The number of piperidine rings is 1. The lowest BCUT2D eigenvalue weighted by Gasteiger charge is -2.41. The summed E-state index contributed by atoms with van der Waals surface area (Å²) in [5.41, 5.74) is 0. The molecule has 118 valence electrons. The molecule has 1 heterocycles. The summed E-state index contributed by atoms with van der Waals surface area (Å²) in [4.78, 5) is 21.9. The average molecular weight is 313 g/mol. The van der Waals surface area contributed by atoms with Crippen LogP contribution >= 0.6 is 12.4 Å². The van der Waals surface area contributed by atoms with Gasteiger partial charge in [-0.25, -0.2) is 4.79 Å². The van der Waals surface area contributed by atoms with Gasteiger partial charge >= 0.3 is 5.97 Å². The summed E-state index contributed by atoms with van der Waals surface area (Å²) >= 11 is 0. The van der Waals surface area contributed by atoms with Crippen LogP contribution in [0.5, 0.6) is 0 Å². The summed E-state index contributed by atoms with van der Waals surface area (Å²) < 4.78 is 5.30. The number of carbonyl (C=O) groups excluding carboxylic acids is 1. The molecule has 0 aliphatic carbocycles. The Balaban J connectivity index is 0.00000361. The molecule has 1 fully saturated rings. The number of carbonyl (C=O) groups is 2. The van der Waals surface area contributed by atoms with E-state index in [0.29, 0.717) is 0 Å². The first-order valence-corrected chi connectivity index (χ1v) is 6.04. The van der Waals surface area contributed by atoms with Gasteiger partial charge in [-0.05, 0) is 6.92 Å². The van der Waals surface area contributed by atoms with Gasteiger partial charge in [-0.1, -0.05) is 0 Å². The maximum atomic E-state index is 11.1. The molecule has 0 aromatic heterocycles. The lowest BCUT2D eigenvalue weighted by molar-refractivity contribution is -0.164. The standard InChI is InChI=1S/C11H20N2O6.ClH/c1-5(11(17)18)19-10-7(13-6(2)15)3-12-8(4-14)9(10)16;/h5,7-10,12,14,16H,3-4H2,1-2H3,(H,13,15)(H,17,18);1H/t5-,7+,8-,9-,10-;/m1./s1. The molecule has 1 aliphatic heterocycles. The number of aliphatic hydroxyl groups excluding tert-OH is 2. The fourth-order valence-corrected chi connectivity index (χ4v) is 2.02. The summed E-state index contributed by atoms with van der Waals surface area (Å²) in [6.07, 6.45) is -3.13. The third kappa shape index (κ3) is 4.88. The van der Waals surface area contributed by atoms with Crippen LogP contribution in [0.1, 0.15) is 13.8 Å². The first-order valence-electron chi connectivity index (χ1n) is 6.04. The maximum absolute atomic E-state index is 11.1. The van der Waals surface area contributed by atoms with Gasteiger partial charge in [-0.2, -0.15) is 0 Å². The zero-order chi connectivity index (χ0) is 14.6. The molecule has 0 bridgehead atoms. The molecule has 1 amide bonds. The van der Waals surface area contributed by atoms with Crippen LogP contribution in [0.4, 0.5) is 0 Å². The van der Waals surface area contributed by atoms with E-state index in [2.05, 4.69) is 10.6 Å². The van der Waals surface area contributed by atoms with Gasteiger partial charge in [0.25, 0.3) is 0 Å². The number of amides is 1. The van der Waals surface area contributed by atoms with Gasteiger partial charge < -0.3 is 30.7 Å². The van der Waals surface area contributed by atoms with Crippen molar-refractivity contribution >= 4 is 24.3 Å². The minimum absolute atomic E-state index is 0. The van der Waals surface area contributed by atoms with Crippen LogP contribution in [-0.2, 0) is 14.3 Å².